The fourth-order valence-electron chi connectivity index (χ4n) is 3.20. The van der Waals surface area contributed by atoms with Crippen molar-refractivity contribution in [3.63, 3.8) is 0 Å². The first-order valence-electron chi connectivity index (χ1n) is 7.46. The number of primary amides is 1. The molecule has 0 aromatic heterocycles. The van der Waals surface area contributed by atoms with Gasteiger partial charge in [-0.1, -0.05) is 18.2 Å². The van der Waals surface area contributed by atoms with Gasteiger partial charge in [0.25, 0.3) is 0 Å². The monoisotopic (exact) mass is 288 g/mol. The third kappa shape index (κ3) is 2.73. The summed E-state index contributed by atoms with van der Waals surface area (Å²) in [5.74, 6) is 0.498. The van der Waals surface area contributed by atoms with Crippen LogP contribution in [0.3, 0.4) is 0 Å². The molecule has 5 nitrogen and oxygen atoms in total. The van der Waals surface area contributed by atoms with Gasteiger partial charge in [0.2, 0.25) is 11.8 Å². The Morgan fingerprint density at radius 3 is 2.57 bits per heavy atom. The third-order valence-electron chi connectivity index (χ3n) is 4.47. The van der Waals surface area contributed by atoms with Crippen molar-refractivity contribution in [2.24, 2.45) is 11.7 Å². The zero-order chi connectivity index (χ0) is 14.8. The van der Waals surface area contributed by atoms with Crippen LogP contribution in [-0.4, -0.2) is 36.4 Å². The first-order valence-corrected chi connectivity index (χ1v) is 7.46. The van der Waals surface area contributed by atoms with Crippen LogP contribution in [0.5, 0.6) is 5.75 Å². The Balaban J connectivity index is 1.71. The van der Waals surface area contributed by atoms with Gasteiger partial charge in [-0.15, -0.1) is 0 Å². The highest BCUT2D eigenvalue weighted by molar-refractivity contribution is 5.85. The van der Waals surface area contributed by atoms with E-state index in [9.17, 15) is 9.59 Å². The summed E-state index contributed by atoms with van der Waals surface area (Å²) in [6.07, 6.45) is 2.06. The van der Waals surface area contributed by atoms with Crippen LogP contribution in [0, 0.1) is 5.92 Å². The molecule has 1 unspecified atom stereocenters. The lowest BCUT2D eigenvalue weighted by atomic mass is 9.90. The summed E-state index contributed by atoms with van der Waals surface area (Å²) in [4.78, 5) is 25.8. The number of fused-ring (bicyclic) bond motifs is 1. The lowest BCUT2D eigenvalue weighted by molar-refractivity contribution is -0.136. The molecule has 1 saturated heterocycles. The zero-order valence-corrected chi connectivity index (χ0v) is 12.0. The smallest absolute Gasteiger partial charge is 0.230 e. The molecule has 2 amide bonds. The van der Waals surface area contributed by atoms with E-state index in [0.717, 1.165) is 11.3 Å². The minimum Gasteiger partial charge on any atom is -0.493 e. The van der Waals surface area contributed by atoms with Crippen molar-refractivity contribution in [2.75, 3.05) is 19.7 Å². The maximum absolute atomic E-state index is 12.7. The normalized spacial score (nSPS) is 22.3. The lowest BCUT2D eigenvalue weighted by Crippen LogP contribution is -2.44. The minimum absolute atomic E-state index is 0.0870. The molecule has 0 aliphatic carbocycles. The maximum atomic E-state index is 12.7. The van der Waals surface area contributed by atoms with Gasteiger partial charge in [0.05, 0.1) is 12.5 Å². The topological polar surface area (TPSA) is 72.6 Å². The molecule has 1 atom stereocenters. The van der Waals surface area contributed by atoms with Gasteiger partial charge in [0.1, 0.15) is 5.75 Å². The standard InChI is InChI=1S/C16H20N2O3/c17-15(19)11-5-8-18(9-6-11)16(20)13-7-10-21-14-4-2-1-3-12(13)14/h1-4,11,13H,5-10H2,(H2,17,19). The van der Waals surface area contributed by atoms with Crippen LogP contribution in [-0.2, 0) is 9.59 Å². The van der Waals surface area contributed by atoms with Crippen LogP contribution in [0.1, 0.15) is 30.7 Å². The Bertz CT molecular complexity index is 550. The highest BCUT2D eigenvalue weighted by Gasteiger charge is 2.33. The Morgan fingerprint density at radius 2 is 1.86 bits per heavy atom. The van der Waals surface area contributed by atoms with Gasteiger partial charge in [-0.2, -0.15) is 0 Å². The molecule has 0 saturated carbocycles. The van der Waals surface area contributed by atoms with Crippen molar-refractivity contribution in [1.82, 2.24) is 4.90 Å². The van der Waals surface area contributed by atoms with Crippen LogP contribution in [0.15, 0.2) is 24.3 Å². The average Bonchev–Trinajstić information content (AvgIpc) is 2.53. The third-order valence-corrected chi connectivity index (χ3v) is 4.47. The van der Waals surface area contributed by atoms with Crippen molar-refractivity contribution in [3.05, 3.63) is 29.8 Å². The second-order valence-electron chi connectivity index (χ2n) is 5.73. The van der Waals surface area contributed by atoms with Gasteiger partial charge >= 0.3 is 0 Å². The second-order valence-corrected chi connectivity index (χ2v) is 5.73. The molecule has 21 heavy (non-hydrogen) atoms. The number of hydrogen-bond acceptors (Lipinski definition) is 3. The number of hydrogen-bond donors (Lipinski definition) is 1. The summed E-state index contributed by atoms with van der Waals surface area (Å²) >= 11 is 0. The first-order chi connectivity index (χ1) is 10.2. The Morgan fingerprint density at radius 1 is 1.14 bits per heavy atom. The number of likely N-dealkylation sites (tertiary alicyclic amines) is 1. The number of carbonyl (C=O) groups is 2. The molecule has 0 bridgehead atoms. The van der Waals surface area contributed by atoms with Crippen molar-refractivity contribution in [1.29, 1.82) is 0 Å². The summed E-state index contributed by atoms with van der Waals surface area (Å²) < 4.78 is 5.61. The fraction of sp³-hybridized carbons (Fsp3) is 0.500. The summed E-state index contributed by atoms with van der Waals surface area (Å²) in [5.41, 5.74) is 6.31. The van der Waals surface area contributed by atoms with E-state index in [1.165, 1.54) is 0 Å². The van der Waals surface area contributed by atoms with E-state index in [0.29, 0.717) is 39.0 Å². The molecule has 0 radical (unpaired) electrons. The summed E-state index contributed by atoms with van der Waals surface area (Å²) in [7, 11) is 0. The van der Waals surface area contributed by atoms with Gasteiger partial charge in [-0.25, -0.2) is 0 Å². The molecule has 2 N–H and O–H groups in total. The van der Waals surface area contributed by atoms with Crippen LogP contribution < -0.4 is 10.5 Å². The molecule has 2 aliphatic heterocycles. The quantitative estimate of drug-likeness (QED) is 0.891. The first kappa shape index (κ1) is 13.9. The number of rotatable bonds is 2. The van der Waals surface area contributed by atoms with Crippen LogP contribution in [0.4, 0.5) is 0 Å². The molecule has 112 valence electrons. The second kappa shape index (κ2) is 5.76. The zero-order valence-electron chi connectivity index (χ0n) is 12.0. The van der Waals surface area contributed by atoms with Crippen LogP contribution >= 0.6 is 0 Å². The Labute approximate surface area is 124 Å². The molecule has 5 heteroatoms. The number of ether oxygens (including phenoxy) is 1. The number of amides is 2. The van der Waals surface area contributed by atoms with Crippen LogP contribution in [0.25, 0.3) is 0 Å². The van der Waals surface area contributed by atoms with Gasteiger partial charge in [0, 0.05) is 24.6 Å². The predicted octanol–water partition coefficient (Wildman–Crippen LogP) is 1.28. The van der Waals surface area contributed by atoms with E-state index in [1.54, 1.807) is 0 Å². The average molecular weight is 288 g/mol. The highest BCUT2D eigenvalue weighted by Crippen LogP contribution is 2.35. The van der Waals surface area contributed by atoms with Crippen molar-refractivity contribution < 1.29 is 14.3 Å². The summed E-state index contributed by atoms with van der Waals surface area (Å²) in [6, 6.07) is 7.73. The number of nitrogens with two attached hydrogens (primary N) is 1. The molecular weight excluding hydrogens is 268 g/mol. The van der Waals surface area contributed by atoms with Gasteiger partial charge < -0.3 is 15.4 Å². The van der Waals surface area contributed by atoms with E-state index >= 15 is 0 Å². The molecule has 3 rings (SSSR count). The van der Waals surface area contributed by atoms with E-state index in [4.69, 9.17) is 10.5 Å². The number of carbonyl (C=O) groups excluding carboxylic acids is 2. The van der Waals surface area contributed by atoms with Gasteiger partial charge in [0.15, 0.2) is 0 Å². The maximum Gasteiger partial charge on any atom is 0.230 e. The van der Waals surface area contributed by atoms with Crippen molar-refractivity contribution in [3.8, 4) is 5.75 Å². The molecule has 2 heterocycles. The van der Waals surface area contributed by atoms with E-state index in [1.807, 2.05) is 29.2 Å². The number of benzene rings is 1. The Kier molecular flexibility index (Phi) is 3.82. The molecule has 1 aromatic carbocycles. The van der Waals surface area contributed by atoms with E-state index in [2.05, 4.69) is 0 Å². The van der Waals surface area contributed by atoms with E-state index in [-0.39, 0.29) is 23.7 Å². The van der Waals surface area contributed by atoms with E-state index < -0.39 is 0 Å². The summed E-state index contributed by atoms with van der Waals surface area (Å²) in [5, 5.41) is 0. The predicted molar refractivity (Wildman–Crippen MR) is 77.8 cm³/mol. The molecule has 0 spiro atoms. The van der Waals surface area contributed by atoms with Gasteiger partial charge in [-0.3, -0.25) is 9.59 Å². The SMILES string of the molecule is NC(=O)C1CCN(C(=O)C2CCOc3ccccc32)CC1. The number of piperidine rings is 1. The summed E-state index contributed by atoms with van der Waals surface area (Å²) in [6.45, 7) is 1.81. The highest BCUT2D eigenvalue weighted by atomic mass is 16.5. The van der Waals surface area contributed by atoms with Gasteiger partial charge in [-0.05, 0) is 25.3 Å². The molecular formula is C16H20N2O3. The molecule has 1 fully saturated rings. The molecule has 1 aromatic rings. The van der Waals surface area contributed by atoms with Crippen molar-refractivity contribution in [2.45, 2.75) is 25.2 Å². The number of nitrogens with zero attached hydrogens (tertiary/aromatic N) is 1. The largest absolute Gasteiger partial charge is 0.493 e. The Hall–Kier alpha value is -2.04. The molecule has 2 aliphatic rings. The number of para-hydroxylation sites is 1. The fourth-order valence-corrected chi connectivity index (χ4v) is 3.20. The lowest BCUT2D eigenvalue weighted by Gasteiger charge is -2.35. The van der Waals surface area contributed by atoms with Crippen LogP contribution in [0.2, 0.25) is 0 Å². The van der Waals surface area contributed by atoms with Crippen molar-refractivity contribution >= 4 is 11.8 Å². The minimum atomic E-state index is -0.251.